The van der Waals surface area contributed by atoms with Gasteiger partial charge in [-0.25, -0.2) is 4.98 Å². The summed E-state index contributed by atoms with van der Waals surface area (Å²) in [5.41, 5.74) is 0. The molecule has 3 rings (SSSR count). The zero-order valence-electron chi connectivity index (χ0n) is 13.7. The Bertz CT molecular complexity index is 589. The van der Waals surface area contributed by atoms with Gasteiger partial charge in [-0.2, -0.15) is 0 Å². The highest BCUT2D eigenvalue weighted by molar-refractivity contribution is 5.79. The first kappa shape index (κ1) is 17.8. The van der Waals surface area contributed by atoms with Crippen molar-refractivity contribution in [1.82, 2.24) is 9.88 Å². The molecule has 1 aromatic rings. The second kappa shape index (κ2) is 7.47. The number of nitrogens with zero attached hydrogens (tertiary/aromatic N) is 3. The second-order valence-corrected chi connectivity index (χ2v) is 6.12. The maximum atomic E-state index is 12.6. The molecule has 2 aliphatic rings. The second-order valence-electron chi connectivity index (χ2n) is 6.12. The number of ether oxygens (including phenoxy) is 2. The highest BCUT2D eigenvalue weighted by Gasteiger charge is 2.32. The number of carbonyl (C=O) groups is 1. The number of hydrogen-bond donors (Lipinski definition) is 0. The number of alkyl halides is 3. The summed E-state index contributed by atoms with van der Waals surface area (Å²) in [6, 6.07) is 2.73. The molecule has 6 nitrogen and oxygen atoms in total. The fourth-order valence-electron chi connectivity index (χ4n) is 3.18. The number of aromatic nitrogens is 1. The minimum atomic E-state index is -4.73. The van der Waals surface area contributed by atoms with Crippen molar-refractivity contribution in [3.8, 4) is 5.75 Å². The summed E-state index contributed by atoms with van der Waals surface area (Å²) >= 11 is 0. The standard InChI is InChI=1S/C16H20F3N3O3/c17-16(18,19)25-13-3-4-14(20-10-13)22-5-1-2-12(11-22)15(23)21-6-8-24-9-7-21/h3-4,10,12H,1-2,5-9,11H2. The van der Waals surface area contributed by atoms with Crippen LogP contribution in [0.5, 0.6) is 5.75 Å². The van der Waals surface area contributed by atoms with Gasteiger partial charge in [-0.1, -0.05) is 0 Å². The van der Waals surface area contributed by atoms with Crippen LogP contribution in [-0.2, 0) is 9.53 Å². The first-order valence-corrected chi connectivity index (χ1v) is 8.26. The molecule has 0 radical (unpaired) electrons. The van der Waals surface area contributed by atoms with Crippen molar-refractivity contribution in [2.24, 2.45) is 5.92 Å². The molecule has 2 saturated heterocycles. The van der Waals surface area contributed by atoms with Crippen LogP contribution in [0.2, 0.25) is 0 Å². The molecule has 2 aliphatic heterocycles. The van der Waals surface area contributed by atoms with Gasteiger partial charge >= 0.3 is 6.36 Å². The Kier molecular flexibility index (Phi) is 5.31. The maximum absolute atomic E-state index is 12.6. The Morgan fingerprint density at radius 2 is 2.00 bits per heavy atom. The van der Waals surface area contributed by atoms with E-state index in [4.69, 9.17) is 4.74 Å². The highest BCUT2D eigenvalue weighted by atomic mass is 19.4. The van der Waals surface area contributed by atoms with Crippen LogP contribution >= 0.6 is 0 Å². The van der Waals surface area contributed by atoms with Gasteiger partial charge in [-0.15, -0.1) is 13.2 Å². The van der Waals surface area contributed by atoms with E-state index in [2.05, 4.69) is 9.72 Å². The van der Waals surface area contributed by atoms with E-state index in [0.717, 1.165) is 25.6 Å². The number of rotatable bonds is 3. The summed E-state index contributed by atoms with van der Waals surface area (Å²) in [6.07, 6.45) is -2.04. The zero-order chi connectivity index (χ0) is 17.9. The molecule has 0 spiro atoms. The van der Waals surface area contributed by atoms with Crippen LogP contribution in [0.15, 0.2) is 18.3 Å². The van der Waals surface area contributed by atoms with Crippen molar-refractivity contribution in [1.29, 1.82) is 0 Å². The van der Waals surface area contributed by atoms with E-state index in [1.165, 1.54) is 12.1 Å². The van der Waals surface area contributed by atoms with E-state index in [-0.39, 0.29) is 17.6 Å². The Hall–Kier alpha value is -2.03. The van der Waals surface area contributed by atoms with Crippen molar-refractivity contribution in [2.75, 3.05) is 44.3 Å². The van der Waals surface area contributed by atoms with Crippen LogP contribution < -0.4 is 9.64 Å². The normalized spacial score (nSPS) is 22.0. The average Bonchev–Trinajstić information content (AvgIpc) is 2.61. The maximum Gasteiger partial charge on any atom is 0.573 e. The van der Waals surface area contributed by atoms with Crippen molar-refractivity contribution in [3.05, 3.63) is 18.3 Å². The van der Waals surface area contributed by atoms with Crippen molar-refractivity contribution >= 4 is 11.7 Å². The summed E-state index contributed by atoms with van der Waals surface area (Å²) in [5.74, 6) is 0.188. The Balaban J connectivity index is 1.61. The topological polar surface area (TPSA) is 54.9 Å². The molecule has 0 aromatic carbocycles. The molecule has 1 atom stereocenters. The van der Waals surface area contributed by atoms with Crippen LogP contribution in [0, 0.1) is 5.92 Å². The van der Waals surface area contributed by atoms with Gasteiger partial charge in [0, 0.05) is 26.2 Å². The molecular formula is C16H20F3N3O3. The Labute approximate surface area is 143 Å². The molecule has 0 bridgehead atoms. The first-order valence-electron chi connectivity index (χ1n) is 8.26. The monoisotopic (exact) mass is 359 g/mol. The van der Waals surface area contributed by atoms with E-state index in [1.54, 1.807) is 0 Å². The molecule has 0 saturated carbocycles. The molecule has 2 fully saturated rings. The van der Waals surface area contributed by atoms with Crippen LogP contribution in [0.4, 0.5) is 19.0 Å². The minimum absolute atomic E-state index is 0.116. The Morgan fingerprint density at radius 3 is 2.64 bits per heavy atom. The lowest BCUT2D eigenvalue weighted by Gasteiger charge is -2.36. The number of amides is 1. The molecule has 1 unspecified atom stereocenters. The van der Waals surface area contributed by atoms with Gasteiger partial charge in [0.25, 0.3) is 0 Å². The predicted octanol–water partition coefficient (Wildman–Crippen LogP) is 2.06. The lowest BCUT2D eigenvalue weighted by Crippen LogP contribution is -2.48. The van der Waals surface area contributed by atoms with Gasteiger partial charge in [-0.3, -0.25) is 4.79 Å². The van der Waals surface area contributed by atoms with Gasteiger partial charge in [0.15, 0.2) is 0 Å². The molecule has 3 heterocycles. The van der Waals surface area contributed by atoms with Crippen LogP contribution in [0.3, 0.4) is 0 Å². The number of anilines is 1. The van der Waals surface area contributed by atoms with E-state index < -0.39 is 6.36 Å². The van der Waals surface area contributed by atoms with Crippen molar-refractivity contribution in [2.45, 2.75) is 19.2 Å². The van der Waals surface area contributed by atoms with E-state index in [9.17, 15) is 18.0 Å². The molecule has 138 valence electrons. The minimum Gasteiger partial charge on any atom is -0.404 e. The summed E-state index contributed by atoms with van der Waals surface area (Å²) in [5, 5.41) is 0. The van der Waals surface area contributed by atoms with E-state index in [0.29, 0.717) is 38.7 Å². The lowest BCUT2D eigenvalue weighted by molar-refractivity contribution is -0.274. The summed E-state index contributed by atoms with van der Waals surface area (Å²) in [6.45, 7) is 3.57. The largest absolute Gasteiger partial charge is 0.573 e. The number of piperidine rings is 1. The number of carbonyl (C=O) groups excluding carboxylic acids is 1. The number of morpholine rings is 1. The quantitative estimate of drug-likeness (QED) is 0.827. The average molecular weight is 359 g/mol. The fourth-order valence-corrected chi connectivity index (χ4v) is 3.18. The summed E-state index contributed by atoms with van der Waals surface area (Å²) < 4.78 is 45.7. The molecule has 0 aliphatic carbocycles. The van der Waals surface area contributed by atoms with Crippen LogP contribution in [-0.4, -0.2) is 61.5 Å². The first-order chi connectivity index (χ1) is 11.9. The molecular weight excluding hydrogens is 339 g/mol. The molecule has 1 aromatic heterocycles. The third-order valence-electron chi connectivity index (χ3n) is 4.37. The van der Waals surface area contributed by atoms with Gasteiger partial charge in [-0.05, 0) is 25.0 Å². The highest BCUT2D eigenvalue weighted by Crippen LogP contribution is 2.26. The third kappa shape index (κ3) is 4.75. The fraction of sp³-hybridized carbons (Fsp3) is 0.625. The van der Waals surface area contributed by atoms with E-state index >= 15 is 0 Å². The Morgan fingerprint density at radius 1 is 1.24 bits per heavy atom. The van der Waals surface area contributed by atoms with Crippen LogP contribution in [0.25, 0.3) is 0 Å². The molecule has 1 amide bonds. The van der Waals surface area contributed by atoms with Crippen LogP contribution in [0.1, 0.15) is 12.8 Å². The van der Waals surface area contributed by atoms with Gasteiger partial charge in [0.05, 0.1) is 25.3 Å². The van der Waals surface area contributed by atoms with Gasteiger partial charge in [0.2, 0.25) is 5.91 Å². The summed E-state index contributed by atoms with van der Waals surface area (Å²) in [7, 11) is 0. The van der Waals surface area contributed by atoms with Crippen molar-refractivity contribution < 1.29 is 27.4 Å². The summed E-state index contributed by atoms with van der Waals surface area (Å²) in [4.78, 5) is 20.4. The lowest BCUT2D eigenvalue weighted by atomic mass is 9.96. The molecule has 9 heteroatoms. The van der Waals surface area contributed by atoms with Gasteiger partial charge < -0.3 is 19.3 Å². The molecule has 25 heavy (non-hydrogen) atoms. The predicted molar refractivity (Wildman–Crippen MR) is 83.3 cm³/mol. The number of hydrogen-bond acceptors (Lipinski definition) is 5. The van der Waals surface area contributed by atoms with E-state index in [1.807, 2.05) is 9.80 Å². The zero-order valence-corrected chi connectivity index (χ0v) is 13.7. The SMILES string of the molecule is O=C(C1CCCN(c2ccc(OC(F)(F)F)cn2)C1)N1CCOCC1. The van der Waals surface area contributed by atoms with Gasteiger partial charge in [0.1, 0.15) is 11.6 Å². The van der Waals surface area contributed by atoms with Crippen molar-refractivity contribution in [3.63, 3.8) is 0 Å². The number of pyridine rings is 1. The molecule has 0 N–H and O–H groups in total. The third-order valence-corrected chi connectivity index (χ3v) is 4.37. The number of halogens is 3. The smallest absolute Gasteiger partial charge is 0.404 e.